The molecular formula is C15H14BrFN2O. The number of nitrogens with one attached hydrogen (secondary N) is 1. The third-order valence-corrected chi connectivity index (χ3v) is 3.69. The van der Waals surface area contributed by atoms with Gasteiger partial charge in [0.05, 0.1) is 10.2 Å². The van der Waals surface area contributed by atoms with Crippen molar-refractivity contribution in [1.29, 1.82) is 0 Å². The Balaban J connectivity index is 1.72. The summed E-state index contributed by atoms with van der Waals surface area (Å²) in [5.74, 6) is 0.547. The zero-order valence-corrected chi connectivity index (χ0v) is 12.4. The molecule has 104 valence electrons. The van der Waals surface area contributed by atoms with E-state index in [2.05, 4.69) is 26.2 Å². The van der Waals surface area contributed by atoms with Crippen LogP contribution in [-0.2, 0) is 6.54 Å². The summed E-state index contributed by atoms with van der Waals surface area (Å²) in [6.07, 6.45) is 2.48. The van der Waals surface area contributed by atoms with Crippen molar-refractivity contribution in [3.05, 3.63) is 52.4 Å². The highest BCUT2D eigenvalue weighted by Gasteiger charge is 2.20. The number of nitrogens with zero attached hydrogens (tertiary/aromatic N) is 1. The molecule has 1 aliphatic rings. The summed E-state index contributed by atoms with van der Waals surface area (Å²) in [4.78, 5) is 4.41. The Bertz CT molecular complexity index is 617. The lowest BCUT2D eigenvalue weighted by molar-refractivity contribution is 0.452. The number of aromatic nitrogens is 1. The molecule has 20 heavy (non-hydrogen) atoms. The Hall–Kier alpha value is -1.46. The molecule has 0 saturated heterocycles. The molecule has 0 aliphatic heterocycles. The van der Waals surface area contributed by atoms with Crippen LogP contribution in [0.3, 0.4) is 0 Å². The first kappa shape index (κ1) is 13.5. The van der Waals surface area contributed by atoms with Crippen LogP contribution < -0.4 is 10.1 Å². The topological polar surface area (TPSA) is 34.1 Å². The van der Waals surface area contributed by atoms with E-state index in [1.165, 1.54) is 25.0 Å². The van der Waals surface area contributed by atoms with E-state index < -0.39 is 0 Å². The van der Waals surface area contributed by atoms with Crippen LogP contribution >= 0.6 is 15.9 Å². The number of hydrogen-bond donors (Lipinski definition) is 1. The second kappa shape index (κ2) is 5.89. The second-order valence-electron chi connectivity index (χ2n) is 4.80. The van der Waals surface area contributed by atoms with Crippen LogP contribution in [-0.4, -0.2) is 11.0 Å². The van der Waals surface area contributed by atoms with Crippen LogP contribution in [0, 0.1) is 5.82 Å². The molecule has 1 aliphatic carbocycles. The van der Waals surface area contributed by atoms with E-state index in [-0.39, 0.29) is 5.82 Å². The van der Waals surface area contributed by atoms with Crippen molar-refractivity contribution in [3.8, 4) is 11.6 Å². The van der Waals surface area contributed by atoms with Gasteiger partial charge in [-0.25, -0.2) is 9.37 Å². The van der Waals surface area contributed by atoms with Crippen molar-refractivity contribution < 1.29 is 9.13 Å². The maximum atomic E-state index is 13.2. The van der Waals surface area contributed by atoms with Crippen LogP contribution in [0.2, 0.25) is 0 Å². The molecule has 3 rings (SSSR count). The van der Waals surface area contributed by atoms with Gasteiger partial charge in [0.1, 0.15) is 11.6 Å². The molecule has 0 atom stereocenters. The van der Waals surface area contributed by atoms with Crippen LogP contribution in [0.1, 0.15) is 18.5 Å². The van der Waals surface area contributed by atoms with Gasteiger partial charge in [-0.15, -0.1) is 0 Å². The first-order valence-electron chi connectivity index (χ1n) is 6.53. The highest BCUT2D eigenvalue weighted by Crippen LogP contribution is 2.29. The van der Waals surface area contributed by atoms with Gasteiger partial charge >= 0.3 is 0 Å². The fraction of sp³-hybridized carbons (Fsp3) is 0.267. The average Bonchev–Trinajstić information content (AvgIpc) is 3.25. The molecule has 3 nitrogen and oxygen atoms in total. The standard InChI is InChI=1S/C15H14BrFN2O/c16-13-7-4-10(17)8-14(13)20-15-3-1-2-12(19-15)9-18-11-5-6-11/h1-4,7-8,11,18H,5-6,9H2. The average molecular weight is 337 g/mol. The van der Waals surface area contributed by atoms with Gasteiger partial charge in [0.25, 0.3) is 0 Å². The monoisotopic (exact) mass is 336 g/mol. The summed E-state index contributed by atoms with van der Waals surface area (Å²) >= 11 is 3.33. The van der Waals surface area contributed by atoms with Gasteiger partial charge in [-0.3, -0.25) is 0 Å². The number of ether oxygens (including phenoxy) is 1. The number of rotatable bonds is 5. The molecule has 5 heteroatoms. The summed E-state index contributed by atoms with van der Waals surface area (Å²) in [6.45, 7) is 0.728. The fourth-order valence-electron chi connectivity index (χ4n) is 1.82. The van der Waals surface area contributed by atoms with Crippen molar-refractivity contribution in [3.63, 3.8) is 0 Å². The molecular weight excluding hydrogens is 323 g/mol. The van der Waals surface area contributed by atoms with Gasteiger partial charge in [0, 0.05) is 24.7 Å². The maximum Gasteiger partial charge on any atom is 0.219 e. The van der Waals surface area contributed by atoms with Crippen molar-refractivity contribution in [2.24, 2.45) is 0 Å². The lowest BCUT2D eigenvalue weighted by Crippen LogP contribution is -2.16. The quantitative estimate of drug-likeness (QED) is 0.895. The van der Waals surface area contributed by atoms with Gasteiger partial charge in [-0.2, -0.15) is 0 Å². The molecule has 1 aromatic heterocycles. The van der Waals surface area contributed by atoms with E-state index >= 15 is 0 Å². The van der Waals surface area contributed by atoms with E-state index in [0.717, 1.165) is 12.2 Å². The zero-order valence-electron chi connectivity index (χ0n) is 10.8. The molecule has 0 unspecified atom stereocenters. The van der Waals surface area contributed by atoms with Crippen LogP contribution in [0.25, 0.3) is 0 Å². The fourth-order valence-corrected chi connectivity index (χ4v) is 2.14. The molecule has 0 spiro atoms. The lowest BCUT2D eigenvalue weighted by Gasteiger charge is -2.08. The smallest absolute Gasteiger partial charge is 0.219 e. The molecule has 1 fully saturated rings. The second-order valence-corrected chi connectivity index (χ2v) is 5.65. The Labute approximate surface area is 125 Å². The largest absolute Gasteiger partial charge is 0.438 e. The molecule has 1 saturated carbocycles. The minimum atomic E-state index is -0.338. The molecule has 0 bridgehead atoms. The summed E-state index contributed by atoms with van der Waals surface area (Å²) in [5.41, 5.74) is 0.918. The number of hydrogen-bond acceptors (Lipinski definition) is 3. The molecule has 1 aromatic carbocycles. The van der Waals surface area contributed by atoms with E-state index in [1.807, 2.05) is 12.1 Å². The van der Waals surface area contributed by atoms with Crippen LogP contribution in [0.4, 0.5) is 4.39 Å². The summed E-state index contributed by atoms with van der Waals surface area (Å²) < 4.78 is 19.5. The van der Waals surface area contributed by atoms with Crippen LogP contribution in [0.5, 0.6) is 11.6 Å². The Morgan fingerprint density at radius 1 is 1.30 bits per heavy atom. The molecule has 1 heterocycles. The van der Waals surface area contributed by atoms with Crippen LogP contribution in [0.15, 0.2) is 40.9 Å². The number of benzene rings is 1. The third kappa shape index (κ3) is 3.55. The first-order chi connectivity index (χ1) is 9.70. The first-order valence-corrected chi connectivity index (χ1v) is 7.32. The third-order valence-electron chi connectivity index (χ3n) is 3.04. The molecule has 1 N–H and O–H groups in total. The highest BCUT2D eigenvalue weighted by atomic mass is 79.9. The van der Waals surface area contributed by atoms with Crippen molar-refractivity contribution >= 4 is 15.9 Å². The number of pyridine rings is 1. The molecule has 0 radical (unpaired) electrons. The SMILES string of the molecule is Fc1ccc(Br)c(Oc2cccc(CNC3CC3)n2)c1. The van der Waals surface area contributed by atoms with Gasteiger partial charge in [-0.1, -0.05) is 6.07 Å². The van der Waals surface area contributed by atoms with E-state index in [1.54, 1.807) is 12.1 Å². The van der Waals surface area contributed by atoms with Gasteiger partial charge < -0.3 is 10.1 Å². The molecule has 2 aromatic rings. The van der Waals surface area contributed by atoms with Crippen molar-refractivity contribution in [2.45, 2.75) is 25.4 Å². The van der Waals surface area contributed by atoms with Gasteiger partial charge in [0.15, 0.2) is 0 Å². The lowest BCUT2D eigenvalue weighted by atomic mass is 10.3. The Kier molecular flexibility index (Phi) is 3.98. The summed E-state index contributed by atoms with van der Waals surface area (Å²) in [6, 6.07) is 10.6. The Morgan fingerprint density at radius 3 is 2.95 bits per heavy atom. The molecule has 0 amide bonds. The highest BCUT2D eigenvalue weighted by molar-refractivity contribution is 9.10. The Morgan fingerprint density at radius 2 is 2.15 bits per heavy atom. The van der Waals surface area contributed by atoms with Gasteiger partial charge in [-0.05, 0) is 47.0 Å². The summed E-state index contributed by atoms with van der Waals surface area (Å²) in [7, 11) is 0. The zero-order chi connectivity index (χ0) is 13.9. The predicted octanol–water partition coefficient (Wildman–Crippen LogP) is 4.03. The predicted molar refractivity (Wildman–Crippen MR) is 78.3 cm³/mol. The van der Waals surface area contributed by atoms with Gasteiger partial charge in [0.2, 0.25) is 5.88 Å². The minimum Gasteiger partial charge on any atom is -0.438 e. The van der Waals surface area contributed by atoms with E-state index in [0.29, 0.717) is 22.1 Å². The normalized spacial score (nSPS) is 14.3. The maximum absolute atomic E-state index is 13.2. The van der Waals surface area contributed by atoms with E-state index in [9.17, 15) is 4.39 Å². The summed E-state index contributed by atoms with van der Waals surface area (Å²) in [5, 5.41) is 3.40. The van der Waals surface area contributed by atoms with Crippen molar-refractivity contribution in [2.75, 3.05) is 0 Å². The minimum absolute atomic E-state index is 0.338. The number of halogens is 2. The van der Waals surface area contributed by atoms with E-state index in [4.69, 9.17) is 4.74 Å². The van der Waals surface area contributed by atoms with Crippen molar-refractivity contribution in [1.82, 2.24) is 10.3 Å².